The van der Waals surface area contributed by atoms with E-state index in [-0.39, 0.29) is 17.8 Å². The molecule has 0 aromatic carbocycles. The number of aromatic nitrogens is 4. The van der Waals surface area contributed by atoms with E-state index in [2.05, 4.69) is 25.7 Å². The number of nitriles is 1. The SMILES string of the molecule is CC(F)CNc1cc(-n2ncc3cc(C#N)cnc32)ncc1C(=O)NCC(F)C(C)(C)O. The molecular formula is C21H23F2N7O2. The molecule has 0 saturated carbocycles. The maximum Gasteiger partial charge on any atom is 0.255 e. The van der Waals surface area contributed by atoms with E-state index in [0.29, 0.717) is 22.4 Å². The Balaban J connectivity index is 1.93. The third-order valence-corrected chi connectivity index (χ3v) is 4.67. The molecule has 3 aromatic rings. The number of halogens is 2. The number of aliphatic hydroxyl groups is 1. The average molecular weight is 443 g/mol. The van der Waals surface area contributed by atoms with E-state index in [1.807, 2.05) is 6.07 Å². The highest BCUT2D eigenvalue weighted by Gasteiger charge is 2.27. The molecule has 3 heterocycles. The van der Waals surface area contributed by atoms with E-state index in [9.17, 15) is 18.7 Å². The van der Waals surface area contributed by atoms with Crippen LogP contribution in [0, 0.1) is 11.3 Å². The van der Waals surface area contributed by atoms with E-state index in [1.54, 1.807) is 6.07 Å². The molecule has 168 valence electrons. The van der Waals surface area contributed by atoms with Crippen LogP contribution in [0.1, 0.15) is 36.7 Å². The fourth-order valence-corrected chi connectivity index (χ4v) is 2.82. The van der Waals surface area contributed by atoms with Crippen molar-refractivity contribution in [3.63, 3.8) is 0 Å². The lowest BCUT2D eigenvalue weighted by molar-refractivity contribution is -0.00177. The predicted octanol–water partition coefficient (Wildman–Crippen LogP) is 2.30. The molecule has 2 atom stereocenters. The van der Waals surface area contributed by atoms with E-state index >= 15 is 0 Å². The normalized spacial score (nSPS) is 13.4. The van der Waals surface area contributed by atoms with Gasteiger partial charge in [-0.3, -0.25) is 4.79 Å². The minimum Gasteiger partial charge on any atom is -0.387 e. The molecule has 3 N–H and O–H groups in total. The third-order valence-electron chi connectivity index (χ3n) is 4.67. The van der Waals surface area contributed by atoms with Crippen LogP contribution >= 0.6 is 0 Å². The number of anilines is 1. The number of hydrogen-bond donors (Lipinski definition) is 3. The van der Waals surface area contributed by atoms with Gasteiger partial charge in [0.25, 0.3) is 5.91 Å². The first-order chi connectivity index (χ1) is 15.1. The van der Waals surface area contributed by atoms with Crippen molar-refractivity contribution in [2.24, 2.45) is 0 Å². The Hall–Kier alpha value is -3.65. The van der Waals surface area contributed by atoms with Gasteiger partial charge in [0, 0.05) is 30.4 Å². The Morgan fingerprint density at radius 2 is 2.00 bits per heavy atom. The molecule has 2 unspecified atom stereocenters. The summed E-state index contributed by atoms with van der Waals surface area (Å²) < 4.78 is 28.9. The van der Waals surface area contributed by atoms with E-state index < -0.39 is 30.4 Å². The number of nitrogens with one attached hydrogen (secondary N) is 2. The molecule has 0 aliphatic rings. The monoisotopic (exact) mass is 443 g/mol. The topological polar surface area (TPSA) is 129 Å². The Kier molecular flexibility index (Phi) is 6.64. The Morgan fingerprint density at radius 3 is 2.66 bits per heavy atom. The Labute approximate surface area is 183 Å². The first kappa shape index (κ1) is 23.0. The number of pyridine rings is 2. The van der Waals surface area contributed by atoms with E-state index in [4.69, 9.17) is 5.26 Å². The maximum absolute atomic E-state index is 14.0. The summed E-state index contributed by atoms with van der Waals surface area (Å²) in [6, 6.07) is 5.15. The lowest BCUT2D eigenvalue weighted by atomic mass is 10.0. The lowest BCUT2D eigenvalue weighted by Gasteiger charge is -2.22. The van der Waals surface area contributed by atoms with Crippen LogP contribution in [0.3, 0.4) is 0 Å². The smallest absolute Gasteiger partial charge is 0.255 e. The number of rotatable bonds is 8. The van der Waals surface area contributed by atoms with Crippen molar-refractivity contribution in [1.82, 2.24) is 25.1 Å². The van der Waals surface area contributed by atoms with Crippen LogP contribution in [-0.4, -0.2) is 61.8 Å². The quantitative estimate of drug-likeness (QED) is 0.487. The van der Waals surface area contributed by atoms with Crippen molar-refractivity contribution in [1.29, 1.82) is 5.26 Å². The highest BCUT2D eigenvalue weighted by molar-refractivity contribution is 5.99. The van der Waals surface area contributed by atoms with Gasteiger partial charge in [-0.25, -0.2) is 18.7 Å². The number of nitrogens with zero attached hydrogens (tertiary/aromatic N) is 5. The van der Waals surface area contributed by atoms with Crippen LogP contribution in [0.4, 0.5) is 14.5 Å². The van der Waals surface area contributed by atoms with Gasteiger partial charge < -0.3 is 15.7 Å². The van der Waals surface area contributed by atoms with E-state index in [1.165, 1.54) is 50.1 Å². The minimum atomic E-state index is -1.68. The van der Waals surface area contributed by atoms with Crippen molar-refractivity contribution in [2.45, 2.75) is 38.7 Å². The van der Waals surface area contributed by atoms with Gasteiger partial charge in [0.2, 0.25) is 0 Å². The van der Waals surface area contributed by atoms with Crippen molar-refractivity contribution >= 4 is 22.6 Å². The lowest BCUT2D eigenvalue weighted by Crippen LogP contribution is -2.42. The number of fused-ring (bicyclic) bond motifs is 1. The first-order valence-corrected chi connectivity index (χ1v) is 9.87. The number of alkyl halides is 2. The predicted molar refractivity (Wildman–Crippen MR) is 114 cm³/mol. The molecule has 0 bridgehead atoms. The summed E-state index contributed by atoms with van der Waals surface area (Å²) >= 11 is 0. The molecular weight excluding hydrogens is 420 g/mol. The van der Waals surface area contributed by atoms with Gasteiger partial charge in [0.15, 0.2) is 11.5 Å². The molecule has 0 aliphatic carbocycles. The van der Waals surface area contributed by atoms with Crippen molar-refractivity contribution in [2.75, 3.05) is 18.4 Å². The molecule has 0 radical (unpaired) electrons. The number of hydrogen-bond acceptors (Lipinski definition) is 7. The largest absolute Gasteiger partial charge is 0.387 e. The van der Waals surface area contributed by atoms with Crippen molar-refractivity contribution < 1.29 is 18.7 Å². The highest BCUT2D eigenvalue weighted by Crippen LogP contribution is 2.22. The van der Waals surface area contributed by atoms with E-state index in [0.717, 1.165) is 0 Å². The van der Waals surface area contributed by atoms with Crippen LogP contribution in [0.25, 0.3) is 16.9 Å². The molecule has 0 saturated heterocycles. The molecule has 0 aliphatic heterocycles. The number of carbonyl (C=O) groups is 1. The second-order valence-corrected chi connectivity index (χ2v) is 7.89. The summed E-state index contributed by atoms with van der Waals surface area (Å²) in [5.41, 5.74) is -0.432. The number of carbonyl (C=O) groups excluding carboxylic acids is 1. The van der Waals surface area contributed by atoms with Gasteiger partial charge in [0.1, 0.15) is 18.4 Å². The zero-order chi connectivity index (χ0) is 23.5. The van der Waals surface area contributed by atoms with Crippen LogP contribution in [0.15, 0.2) is 30.7 Å². The highest BCUT2D eigenvalue weighted by atomic mass is 19.1. The van der Waals surface area contributed by atoms with Gasteiger partial charge in [-0.15, -0.1) is 0 Å². The van der Waals surface area contributed by atoms with Gasteiger partial charge in [-0.2, -0.15) is 15.0 Å². The minimum absolute atomic E-state index is 0.0667. The summed E-state index contributed by atoms with van der Waals surface area (Å²) in [6.07, 6.45) is 1.33. The third kappa shape index (κ3) is 5.15. The van der Waals surface area contributed by atoms with Crippen LogP contribution < -0.4 is 10.6 Å². The summed E-state index contributed by atoms with van der Waals surface area (Å²) in [5.74, 6) is -0.324. The van der Waals surface area contributed by atoms with Gasteiger partial charge in [0.05, 0.1) is 35.2 Å². The zero-order valence-corrected chi connectivity index (χ0v) is 17.8. The van der Waals surface area contributed by atoms with Crippen molar-refractivity contribution in [3.8, 4) is 11.9 Å². The second-order valence-electron chi connectivity index (χ2n) is 7.89. The summed E-state index contributed by atoms with van der Waals surface area (Å²) in [7, 11) is 0. The summed E-state index contributed by atoms with van der Waals surface area (Å²) in [5, 5.41) is 28.9. The molecule has 32 heavy (non-hydrogen) atoms. The van der Waals surface area contributed by atoms with Crippen molar-refractivity contribution in [3.05, 3.63) is 41.9 Å². The van der Waals surface area contributed by atoms with Crippen LogP contribution in [-0.2, 0) is 0 Å². The molecule has 1 amide bonds. The summed E-state index contributed by atoms with van der Waals surface area (Å²) in [4.78, 5) is 21.1. The van der Waals surface area contributed by atoms with Gasteiger partial charge in [-0.1, -0.05) is 0 Å². The fourth-order valence-electron chi connectivity index (χ4n) is 2.82. The standard InChI is InChI=1S/C21H23F2N7O2/c1-12(22)7-25-16-5-18(30-19-14(9-29-30)4-13(6-24)8-27-19)26-10-15(16)20(31)28-11-17(23)21(2,3)32/h4-5,8-10,12,17,32H,7,11H2,1-3H3,(H,25,26)(H,28,31). The molecule has 0 fully saturated rings. The summed E-state index contributed by atoms with van der Waals surface area (Å²) in [6.45, 7) is 3.50. The molecule has 11 heteroatoms. The fraction of sp³-hybridized carbons (Fsp3) is 0.381. The molecule has 3 rings (SSSR count). The van der Waals surface area contributed by atoms with Crippen LogP contribution in [0.2, 0.25) is 0 Å². The zero-order valence-electron chi connectivity index (χ0n) is 17.8. The average Bonchev–Trinajstić information content (AvgIpc) is 3.17. The van der Waals surface area contributed by atoms with Gasteiger partial charge in [-0.05, 0) is 26.8 Å². The van der Waals surface area contributed by atoms with Gasteiger partial charge >= 0.3 is 0 Å². The Morgan fingerprint density at radius 1 is 1.25 bits per heavy atom. The first-order valence-electron chi connectivity index (χ1n) is 9.87. The second kappa shape index (κ2) is 9.23. The Bertz CT molecular complexity index is 1170. The molecule has 9 nitrogen and oxygen atoms in total. The van der Waals surface area contributed by atoms with Crippen LogP contribution in [0.5, 0.6) is 0 Å². The maximum atomic E-state index is 14.0. The number of amides is 1. The molecule has 0 spiro atoms. The molecule has 3 aromatic heterocycles.